The average molecular weight is 241 g/mol. The summed E-state index contributed by atoms with van der Waals surface area (Å²) in [4.78, 5) is 11.7. The molecule has 1 atom stereocenters. The van der Waals surface area contributed by atoms with Gasteiger partial charge in [0.15, 0.2) is 11.6 Å². The van der Waals surface area contributed by atoms with Crippen LogP contribution in [0.4, 0.5) is 8.78 Å². The van der Waals surface area contributed by atoms with E-state index in [0.717, 1.165) is 0 Å². The van der Waals surface area contributed by atoms with Crippen molar-refractivity contribution in [2.24, 2.45) is 5.92 Å². The average Bonchev–Trinajstić information content (AvgIpc) is 2.25. The Labute approximate surface area is 100 Å². The molecule has 94 valence electrons. The van der Waals surface area contributed by atoms with Gasteiger partial charge in [-0.25, -0.2) is 8.78 Å². The van der Waals surface area contributed by atoms with Gasteiger partial charge in [-0.2, -0.15) is 0 Å². The Bertz CT molecular complexity index is 430. The van der Waals surface area contributed by atoms with Crippen LogP contribution in [0.3, 0.4) is 0 Å². The molecule has 0 aliphatic carbocycles. The van der Waals surface area contributed by atoms with E-state index in [-0.39, 0.29) is 23.1 Å². The van der Waals surface area contributed by atoms with Crippen molar-refractivity contribution in [1.29, 1.82) is 0 Å². The van der Waals surface area contributed by atoms with Crippen LogP contribution in [0.25, 0.3) is 0 Å². The molecule has 0 radical (unpaired) electrons. The van der Waals surface area contributed by atoms with Crippen molar-refractivity contribution in [2.45, 2.75) is 33.7 Å². The van der Waals surface area contributed by atoms with Gasteiger partial charge in [-0.15, -0.1) is 0 Å². The van der Waals surface area contributed by atoms with Gasteiger partial charge < -0.3 is 5.32 Å². The number of hydrogen-bond acceptors (Lipinski definition) is 1. The van der Waals surface area contributed by atoms with Crippen LogP contribution in [-0.2, 0) is 0 Å². The summed E-state index contributed by atoms with van der Waals surface area (Å²) in [7, 11) is 0. The summed E-state index contributed by atoms with van der Waals surface area (Å²) >= 11 is 0. The van der Waals surface area contributed by atoms with Crippen LogP contribution < -0.4 is 5.32 Å². The standard InChI is InChI=1S/C13H17F2NO/c1-7(2)9(4)16-13(17)10-6-5-8(3)11(14)12(10)15/h5-7,9H,1-4H3,(H,16,17)/t9-/m1/s1. The number of rotatable bonds is 3. The minimum atomic E-state index is -1.08. The SMILES string of the molecule is Cc1ccc(C(=O)N[C@H](C)C(C)C)c(F)c1F. The summed E-state index contributed by atoms with van der Waals surface area (Å²) in [6, 6.07) is 2.61. The summed E-state index contributed by atoms with van der Waals surface area (Å²) in [6.07, 6.45) is 0. The molecular formula is C13H17F2NO. The summed E-state index contributed by atoms with van der Waals surface area (Å²) in [5.41, 5.74) is -0.0587. The minimum absolute atomic E-state index is 0.0914. The van der Waals surface area contributed by atoms with Gasteiger partial charge in [-0.3, -0.25) is 4.79 Å². The molecule has 0 aliphatic rings. The second-order valence-electron chi connectivity index (χ2n) is 4.56. The Hall–Kier alpha value is -1.45. The first-order valence-electron chi connectivity index (χ1n) is 5.60. The van der Waals surface area contributed by atoms with E-state index in [1.807, 2.05) is 20.8 Å². The van der Waals surface area contributed by atoms with Gasteiger partial charge in [0.05, 0.1) is 5.56 Å². The fourth-order valence-corrected chi connectivity index (χ4v) is 1.27. The molecule has 0 bridgehead atoms. The lowest BCUT2D eigenvalue weighted by Gasteiger charge is -2.17. The summed E-state index contributed by atoms with van der Waals surface area (Å²) in [6.45, 7) is 7.16. The van der Waals surface area contributed by atoms with E-state index in [2.05, 4.69) is 5.32 Å². The molecular weight excluding hydrogens is 224 g/mol. The van der Waals surface area contributed by atoms with Crippen LogP contribution in [0.1, 0.15) is 36.7 Å². The topological polar surface area (TPSA) is 29.1 Å². The van der Waals surface area contributed by atoms with E-state index in [4.69, 9.17) is 0 Å². The van der Waals surface area contributed by atoms with Crippen LogP contribution in [-0.4, -0.2) is 11.9 Å². The molecule has 2 nitrogen and oxygen atoms in total. The largest absolute Gasteiger partial charge is 0.349 e. The molecule has 0 unspecified atom stereocenters. The molecule has 0 fully saturated rings. The van der Waals surface area contributed by atoms with Crippen molar-refractivity contribution in [2.75, 3.05) is 0 Å². The predicted octanol–water partition coefficient (Wildman–Crippen LogP) is 3.05. The van der Waals surface area contributed by atoms with E-state index in [9.17, 15) is 13.6 Å². The van der Waals surface area contributed by atoms with E-state index >= 15 is 0 Å². The van der Waals surface area contributed by atoms with Crippen LogP contribution in [0.5, 0.6) is 0 Å². The Morgan fingerprint density at radius 2 is 1.76 bits per heavy atom. The maximum absolute atomic E-state index is 13.5. The molecule has 17 heavy (non-hydrogen) atoms. The van der Waals surface area contributed by atoms with Gasteiger partial charge in [0.1, 0.15) is 0 Å². The third-order valence-electron chi connectivity index (χ3n) is 2.88. The molecule has 1 N–H and O–H groups in total. The summed E-state index contributed by atoms with van der Waals surface area (Å²) in [5, 5.41) is 2.64. The van der Waals surface area contributed by atoms with Crippen LogP contribution in [0.15, 0.2) is 12.1 Å². The zero-order valence-electron chi connectivity index (χ0n) is 10.5. The first-order chi connectivity index (χ1) is 7.84. The van der Waals surface area contributed by atoms with Crippen LogP contribution >= 0.6 is 0 Å². The number of hydrogen-bond donors (Lipinski definition) is 1. The molecule has 0 aromatic heterocycles. The number of nitrogens with one attached hydrogen (secondary N) is 1. The Balaban J connectivity index is 2.94. The Morgan fingerprint density at radius 3 is 2.29 bits per heavy atom. The molecule has 0 spiro atoms. The van der Waals surface area contributed by atoms with Crippen LogP contribution in [0, 0.1) is 24.5 Å². The Kier molecular flexibility index (Phi) is 4.21. The lowest BCUT2D eigenvalue weighted by Crippen LogP contribution is -2.36. The number of carbonyl (C=O) groups excluding carboxylic acids is 1. The van der Waals surface area contributed by atoms with E-state index in [1.165, 1.54) is 19.1 Å². The molecule has 1 aromatic rings. The highest BCUT2D eigenvalue weighted by Crippen LogP contribution is 2.16. The monoisotopic (exact) mass is 241 g/mol. The van der Waals surface area contributed by atoms with Crippen molar-refractivity contribution in [3.63, 3.8) is 0 Å². The highest BCUT2D eigenvalue weighted by Gasteiger charge is 2.19. The number of amides is 1. The van der Waals surface area contributed by atoms with Gasteiger partial charge >= 0.3 is 0 Å². The zero-order valence-corrected chi connectivity index (χ0v) is 10.5. The lowest BCUT2D eigenvalue weighted by molar-refractivity contribution is 0.0925. The second-order valence-corrected chi connectivity index (χ2v) is 4.56. The predicted molar refractivity (Wildman–Crippen MR) is 62.9 cm³/mol. The normalized spacial score (nSPS) is 12.6. The molecule has 0 aliphatic heterocycles. The van der Waals surface area contributed by atoms with Gasteiger partial charge in [-0.1, -0.05) is 19.9 Å². The molecule has 4 heteroatoms. The number of carbonyl (C=O) groups is 1. The van der Waals surface area contributed by atoms with Crippen molar-refractivity contribution in [1.82, 2.24) is 5.32 Å². The minimum Gasteiger partial charge on any atom is -0.349 e. The number of benzene rings is 1. The van der Waals surface area contributed by atoms with Crippen molar-refractivity contribution < 1.29 is 13.6 Å². The Morgan fingerprint density at radius 1 is 1.18 bits per heavy atom. The van der Waals surface area contributed by atoms with E-state index in [1.54, 1.807) is 0 Å². The quantitative estimate of drug-likeness (QED) is 0.865. The molecule has 0 saturated heterocycles. The van der Waals surface area contributed by atoms with Gasteiger partial charge in [0.25, 0.3) is 5.91 Å². The van der Waals surface area contributed by atoms with Gasteiger partial charge in [0, 0.05) is 6.04 Å². The molecule has 1 rings (SSSR count). The third kappa shape index (κ3) is 3.02. The lowest BCUT2D eigenvalue weighted by atomic mass is 10.1. The molecule has 0 heterocycles. The van der Waals surface area contributed by atoms with E-state index < -0.39 is 17.5 Å². The first-order valence-corrected chi connectivity index (χ1v) is 5.60. The molecule has 0 saturated carbocycles. The number of halogens is 2. The highest BCUT2D eigenvalue weighted by molar-refractivity contribution is 5.94. The van der Waals surface area contributed by atoms with Gasteiger partial charge in [-0.05, 0) is 31.4 Å². The third-order valence-corrected chi connectivity index (χ3v) is 2.88. The summed E-state index contributed by atoms with van der Waals surface area (Å²) < 4.78 is 26.8. The smallest absolute Gasteiger partial charge is 0.254 e. The van der Waals surface area contributed by atoms with Crippen molar-refractivity contribution in [3.05, 3.63) is 34.9 Å². The molecule has 1 aromatic carbocycles. The maximum atomic E-state index is 13.5. The van der Waals surface area contributed by atoms with Crippen molar-refractivity contribution >= 4 is 5.91 Å². The van der Waals surface area contributed by atoms with E-state index in [0.29, 0.717) is 0 Å². The summed E-state index contributed by atoms with van der Waals surface area (Å²) in [5.74, 6) is -2.40. The fourth-order valence-electron chi connectivity index (χ4n) is 1.27. The zero-order chi connectivity index (χ0) is 13.2. The van der Waals surface area contributed by atoms with Gasteiger partial charge in [0.2, 0.25) is 0 Å². The fraction of sp³-hybridized carbons (Fsp3) is 0.462. The maximum Gasteiger partial charge on any atom is 0.254 e. The highest BCUT2D eigenvalue weighted by atomic mass is 19.2. The second kappa shape index (κ2) is 5.25. The first kappa shape index (κ1) is 13.6. The molecule has 1 amide bonds. The van der Waals surface area contributed by atoms with Crippen LogP contribution in [0.2, 0.25) is 0 Å². The van der Waals surface area contributed by atoms with Crippen molar-refractivity contribution in [3.8, 4) is 0 Å². The number of aryl methyl sites for hydroxylation is 1.